The Balaban J connectivity index is 1.81. The highest BCUT2D eigenvalue weighted by molar-refractivity contribution is 7.13. The molecule has 0 saturated heterocycles. The number of nitrogens with zero attached hydrogens (tertiary/aromatic N) is 1. The lowest BCUT2D eigenvalue weighted by Gasteiger charge is -2.18. The summed E-state index contributed by atoms with van der Waals surface area (Å²) in [5, 5.41) is 14.5. The summed E-state index contributed by atoms with van der Waals surface area (Å²) in [6, 6.07) is 16.4. The number of amides is 1. The second kappa shape index (κ2) is 7.93. The Bertz CT molecular complexity index is 922. The van der Waals surface area contributed by atoms with E-state index in [1.54, 1.807) is 5.38 Å². The molecule has 0 aliphatic rings. The number of aliphatic carboxylic acids is 1. The molecule has 132 valence electrons. The summed E-state index contributed by atoms with van der Waals surface area (Å²) in [5.74, 6) is -1.35. The zero-order valence-corrected chi connectivity index (χ0v) is 15.0. The molecule has 26 heavy (non-hydrogen) atoms. The van der Waals surface area contributed by atoms with Crippen LogP contribution in [0.3, 0.4) is 0 Å². The third kappa shape index (κ3) is 4.15. The van der Waals surface area contributed by atoms with Crippen molar-refractivity contribution in [1.29, 1.82) is 0 Å². The lowest BCUT2D eigenvalue weighted by Crippen LogP contribution is -2.30. The molecular weight excluding hydrogens is 348 g/mol. The molecule has 0 radical (unpaired) electrons. The quantitative estimate of drug-likeness (QED) is 0.689. The molecule has 3 rings (SSSR count). The predicted octanol–water partition coefficient (Wildman–Crippen LogP) is 4.06. The van der Waals surface area contributed by atoms with Crippen LogP contribution >= 0.6 is 11.3 Å². The number of aromatic nitrogens is 1. The van der Waals surface area contributed by atoms with Crippen molar-refractivity contribution in [3.05, 3.63) is 76.8 Å². The van der Waals surface area contributed by atoms with Gasteiger partial charge in [0.1, 0.15) is 10.7 Å². The van der Waals surface area contributed by atoms with Crippen LogP contribution in [-0.4, -0.2) is 22.0 Å². The fourth-order valence-electron chi connectivity index (χ4n) is 2.71. The highest BCUT2D eigenvalue weighted by Gasteiger charge is 2.21. The van der Waals surface area contributed by atoms with Crippen molar-refractivity contribution in [2.24, 2.45) is 0 Å². The van der Waals surface area contributed by atoms with Gasteiger partial charge in [-0.05, 0) is 18.1 Å². The minimum atomic E-state index is -0.971. The van der Waals surface area contributed by atoms with Crippen LogP contribution in [-0.2, 0) is 4.79 Å². The van der Waals surface area contributed by atoms with E-state index in [4.69, 9.17) is 0 Å². The topological polar surface area (TPSA) is 79.3 Å². The number of carboxylic acid groups (broad SMARTS) is 1. The minimum absolute atomic E-state index is 0.188. The number of carbonyl (C=O) groups is 2. The highest BCUT2D eigenvalue weighted by atomic mass is 32.1. The maximum atomic E-state index is 12.6. The van der Waals surface area contributed by atoms with E-state index in [0.717, 1.165) is 21.7 Å². The number of benzene rings is 2. The van der Waals surface area contributed by atoms with Crippen LogP contribution in [0.1, 0.15) is 34.1 Å². The van der Waals surface area contributed by atoms with Gasteiger partial charge in [0.15, 0.2) is 0 Å². The lowest BCUT2D eigenvalue weighted by atomic mass is 9.98. The van der Waals surface area contributed by atoms with Crippen LogP contribution in [0.2, 0.25) is 0 Å². The first-order valence-electron chi connectivity index (χ1n) is 8.13. The Morgan fingerprint density at radius 2 is 1.81 bits per heavy atom. The first kappa shape index (κ1) is 17.8. The van der Waals surface area contributed by atoms with Gasteiger partial charge in [-0.3, -0.25) is 9.59 Å². The van der Waals surface area contributed by atoms with Gasteiger partial charge in [0.05, 0.1) is 12.5 Å². The van der Waals surface area contributed by atoms with Gasteiger partial charge in [-0.25, -0.2) is 4.98 Å². The first-order valence-corrected chi connectivity index (χ1v) is 9.01. The van der Waals surface area contributed by atoms with Crippen molar-refractivity contribution in [3.63, 3.8) is 0 Å². The first-order chi connectivity index (χ1) is 12.5. The smallest absolute Gasteiger partial charge is 0.305 e. The van der Waals surface area contributed by atoms with Gasteiger partial charge in [0.2, 0.25) is 0 Å². The molecule has 2 aromatic carbocycles. The Hall–Kier alpha value is -2.99. The predicted molar refractivity (Wildman–Crippen MR) is 101 cm³/mol. The Morgan fingerprint density at radius 3 is 2.50 bits per heavy atom. The van der Waals surface area contributed by atoms with Crippen molar-refractivity contribution in [2.75, 3.05) is 0 Å². The van der Waals surface area contributed by atoms with Crippen molar-refractivity contribution in [2.45, 2.75) is 19.4 Å². The third-order valence-electron chi connectivity index (χ3n) is 4.01. The third-order valence-corrected chi connectivity index (χ3v) is 4.90. The number of thiazole rings is 1. The monoisotopic (exact) mass is 366 g/mol. The zero-order valence-electron chi connectivity index (χ0n) is 14.2. The number of hydrogen-bond acceptors (Lipinski definition) is 4. The van der Waals surface area contributed by atoms with E-state index in [1.165, 1.54) is 11.3 Å². The molecule has 2 N–H and O–H groups in total. The molecule has 5 nitrogen and oxygen atoms in total. The average molecular weight is 366 g/mol. The molecule has 0 aliphatic carbocycles. The summed E-state index contributed by atoms with van der Waals surface area (Å²) < 4.78 is 0. The molecule has 1 amide bonds. The van der Waals surface area contributed by atoms with Gasteiger partial charge in [0.25, 0.3) is 5.91 Å². The number of nitrogens with one attached hydrogen (secondary N) is 1. The van der Waals surface area contributed by atoms with Crippen LogP contribution in [0.5, 0.6) is 0 Å². The Kier molecular flexibility index (Phi) is 5.43. The van der Waals surface area contributed by atoms with Crippen molar-refractivity contribution in [1.82, 2.24) is 10.3 Å². The van der Waals surface area contributed by atoms with E-state index < -0.39 is 12.0 Å². The SMILES string of the molecule is Cc1ccccc1C(CC(=O)O)NC(=O)c1csc(-c2ccccc2)n1. The molecule has 0 spiro atoms. The van der Waals surface area contributed by atoms with Crippen LogP contribution in [0.15, 0.2) is 60.0 Å². The van der Waals surface area contributed by atoms with Crippen LogP contribution in [0.4, 0.5) is 0 Å². The van der Waals surface area contributed by atoms with E-state index in [0.29, 0.717) is 0 Å². The van der Waals surface area contributed by atoms with Crippen LogP contribution in [0, 0.1) is 6.92 Å². The Morgan fingerprint density at radius 1 is 1.12 bits per heavy atom. The lowest BCUT2D eigenvalue weighted by molar-refractivity contribution is -0.137. The molecule has 1 unspecified atom stereocenters. The number of rotatable bonds is 6. The average Bonchev–Trinajstić information content (AvgIpc) is 3.12. The molecule has 6 heteroatoms. The van der Waals surface area contributed by atoms with E-state index in [9.17, 15) is 14.7 Å². The maximum Gasteiger partial charge on any atom is 0.305 e. The molecule has 0 bridgehead atoms. The summed E-state index contributed by atoms with van der Waals surface area (Å²) in [6.45, 7) is 1.90. The fourth-order valence-corrected chi connectivity index (χ4v) is 3.52. The van der Waals surface area contributed by atoms with Crippen molar-refractivity contribution < 1.29 is 14.7 Å². The van der Waals surface area contributed by atoms with Gasteiger partial charge >= 0.3 is 5.97 Å². The zero-order chi connectivity index (χ0) is 18.5. The largest absolute Gasteiger partial charge is 0.481 e. The summed E-state index contributed by atoms with van der Waals surface area (Å²) in [4.78, 5) is 28.2. The standard InChI is InChI=1S/C20H18N2O3S/c1-13-7-5-6-10-15(13)16(11-18(23)24)21-19(25)17-12-26-20(22-17)14-8-3-2-4-9-14/h2-10,12,16H,11H2,1H3,(H,21,25)(H,23,24). The minimum Gasteiger partial charge on any atom is -0.481 e. The van der Waals surface area contributed by atoms with E-state index in [1.807, 2.05) is 61.5 Å². The van der Waals surface area contributed by atoms with Gasteiger partial charge in [-0.15, -0.1) is 11.3 Å². The molecule has 0 saturated carbocycles. The van der Waals surface area contributed by atoms with Crippen LogP contribution in [0.25, 0.3) is 10.6 Å². The normalized spacial score (nSPS) is 11.7. The van der Waals surface area contributed by atoms with Gasteiger partial charge in [-0.1, -0.05) is 54.6 Å². The van der Waals surface area contributed by atoms with Crippen molar-refractivity contribution in [3.8, 4) is 10.6 Å². The van der Waals surface area contributed by atoms with Gasteiger partial charge < -0.3 is 10.4 Å². The van der Waals surface area contributed by atoms with E-state index >= 15 is 0 Å². The molecule has 0 fully saturated rings. The summed E-state index contributed by atoms with van der Waals surface area (Å²) in [5.41, 5.74) is 2.96. The second-order valence-electron chi connectivity index (χ2n) is 5.88. The molecule has 0 aliphatic heterocycles. The van der Waals surface area contributed by atoms with Crippen LogP contribution < -0.4 is 5.32 Å². The van der Waals surface area contributed by atoms with E-state index in [2.05, 4.69) is 10.3 Å². The molecular formula is C20H18N2O3S. The maximum absolute atomic E-state index is 12.6. The molecule has 1 heterocycles. The van der Waals surface area contributed by atoms with Gasteiger partial charge in [-0.2, -0.15) is 0 Å². The summed E-state index contributed by atoms with van der Waals surface area (Å²) >= 11 is 1.38. The number of carboxylic acids is 1. The highest BCUT2D eigenvalue weighted by Crippen LogP contribution is 2.25. The van der Waals surface area contributed by atoms with Crippen molar-refractivity contribution >= 4 is 23.2 Å². The van der Waals surface area contributed by atoms with E-state index in [-0.39, 0.29) is 18.0 Å². The fraction of sp³-hybridized carbons (Fsp3) is 0.150. The molecule has 1 aromatic heterocycles. The number of aryl methyl sites for hydroxylation is 1. The molecule has 3 aromatic rings. The summed E-state index contributed by atoms with van der Waals surface area (Å²) in [6.07, 6.45) is -0.188. The Labute approximate surface area is 155 Å². The molecule has 1 atom stereocenters. The van der Waals surface area contributed by atoms with Gasteiger partial charge in [0, 0.05) is 10.9 Å². The number of carbonyl (C=O) groups excluding carboxylic acids is 1. The second-order valence-corrected chi connectivity index (χ2v) is 6.74. The number of hydrogen-bond donors (Lipinski definition) is 2. The summed E-state index contributed by atoms with van der Waals surface area (Å²) in [7, 11) is 0.